The van der Waals surface area contributed by atoms with Gasteiger partial charge in [-0.2, -0.15) is 0 Å². The van der Waals surface area contributed by atoms with Gasteiger partial charge in [-0.3, -0.25) is 0 Å². The summed E-state index contributed by atoms with van der Waals surface area (Å²) in [5.41, 5.74) is 0. The molecule has 1 aliphatic carbocycles. The fraction of sp³-hybridized carbons (Fsp3) is 0.917. The summed E-state index contributed by atoms with van der Waals surface area (Å²) in [4.78, 5) is 0. The van der Waals surface area contributed by atoms with E-state index in [1.807, 2.05) is 0 Å². The molecule has 0 spiro atoms. The summed E-state index contributed by atoms with van der Waals surface area (Å²) in [6, 6.07) is 0. The van der Waals surface area contributed by atoms with Crippen LogP contribution in [-0.4, -0.2) is 0 Å². The molecule has 0 aliphatic heterocycles. The van der Waals surface area contributed by atoms with Gasteiger partial charge < -0.3 is 0 Å². The zero-order valence-electron chi connectivity index (χ0n) is 8.68. The van der Waals surface area contributed by atoms with Gasteiger partial charge in [0.25, 0.3) is 0 Å². The average Bonchev–Trinajstić information content (AvgIpc) is 2.16. The van der Waals surface area contributed by atoms with Crippen LogP contribution in [0.3, 0.4) is 0 Å². The Morgan fingerprint density at radius 1 is 1.25 bits per heavy atom. The third kappa shape index (κ3) is 3.60. The minimum Gasteiger partial charge on any atom is -0.0651 e. The maximum absolute atomic E-state index is 2.59. The Balaban J connectivity index is 2.05. The molecule has 0 heteroatoms. The van der Waals surface area contributed by atoms with E-state index in [2.05, 4.69) is 20.3 Å². The third-order valence-corrected chi connectivity index (χ3v) is 3.22. The quantitative estimate of drug-likeness (QED) is 0.588. The van der Waals surface area contributed by atoms with Gasteiger partial charge in [0.15, 0.2) is 0 Å². The first-order valence-corrected chi connectivity index (χ1v) is 5.66. The van der Waals surface area contributed by atoms with Gasteiger partial charge in [-0.25, -0.2) is 0 Å². The van der Waals surface area contributed by atoms with Crippen molar-refractivity contribution in [2.24, 2.45) is 11.8 Å². The topological polar surface area (TPSA) is 0 Å². The van der Waals surface area contributed by atoms with Crippen molar-refractivity contribution in [2.45, 2.75) is 58.8 Å². The molecular weight excluding hydrogens is 144 g/mol. The van der Waals surface area contributed by atoms with Crippen LogP contribution in [0.25, 0.3) is 0 Å². The van der Waals surface area contributed by atoms with Gasteiger partial charge in [0.1, 0.15) is 0 Å². The van der Waals surface area contributed by atoms with Crippen LogP contribution in [0.1, 0.15) is 58.8 Å². The van der Waals surface area contributed by atoms with Gasteiger partial charge in [-0.1, -0.05) is 52.4 Å². The van der Waals surface area contributed by atoms with Gasteiger partial charge in [0.2, 0.25) is 0 Å². The zero-order chi connectivity index (χ0) is 8.81. The number of hydrogen-bond donors (Lipinski definition) is 0. The van der Waals surface area contributed by atoms with Crippen molar-refractivity contribution in [2.75, 3.05) is 0 Å². The average molecular weight is 167 g/mol. The smallest absolute Gasteiger partial charge is 0.0352 e. The van der Waals surface area contributed by atoms with Crippen molar-refractivity contribution in [3.05, 3.63) is 6.42 Å². The molecule has 1 radical (unpaired) electrons. The van der Waals surface area contributed by atoms with Crippen molar-refractivity contribution >= 4 is 0 Å². The summed E-state index contributed by atoms with van der Waals surface area (Å²) in [6.07, 6.45) is 12.6. The molecule has 1 fully saturated rings. The fourth-order valence-electron chi connectivity index (χ4n) is 1.96. The highest BCUT2D eigenvalue weighted by Crippen LogP contribution is 2.28. The van der Waals surface area contributed by atoms with Crippen molar-refractivity contribution < 1.29 is 0 Å². The molecule has 1 rings (SSSR count). The van der Waals surface area contributed by atoms with Crippen molar-refractivity contribution in [1.29, 1.82) is 0 Å². The molecule has 0 nitrogen and oxygen atoms in total. The van der Waals surface area contributed by atoms with Crippen LogP contribution < -0.4 is 0 Å². The molecule has 0 saturated heterocycles. The molecular formula is C12H23. The minimum absolute atomic E-state index is 0.909. The fourth-order valence-corrected chi connectivity index (χ4v) is 1.96. The van der Waals surface area contributed by atoms with Crippen LogP contribution in [0.15, 0.2) is 0 Å². The maximum Gasteiger partial charge on any atom is -0.0352 e. The van der Waals surface area contributed by atoms with Crippen LogP contribution in [0, 0.1) is 18.3 Å². The number of hydrogen-bond acceptors (Lipinski definition) is 0. The standard InChI is InChI=1S/C12H23/c1-3-11(2)9-10-12-7-5-4-6-8-12/h10-12H,3-9H2,1-2H3. The van der Waals surface area contributed by atoms with E-state index in [0.717, 1.165) is 11.8 Å². The second-order valence-electron chi connectivity index (χ2n) is 4.38. The monoisotopic (exact) mass is 167 g/mol. The second kappa shape index (κ2) is 5.61. The molecule has 71 valence electrons. The van der Waals surface area contributed by atoms with E-state index in [1.165, 1.54) is 44.9 Å². The second-order valence-corrected chi connectivity index (χ2v) is 4.38. The van der Waals surface area contributed by atoms with Crippen LogP contribution in [0.4, 0.5) is 0 Å². The highest BCUT2D eigenvalue weighted by Gasteiger charge is 2.13. The third-order valence-electron chi connectivity index (χ3n) is 3.22. The van der Waals surface area contributed by atoms with Crippen LogP contribution in [0.5, 0.6) is 0 Å². The summed E-state index contributed by atoms with van der Waals surface area (Å²) >= 11 is 0. The lowest BCUT2D eigenvalue weighted by molar-refractivity contribution is 0.375. The van der Waals surface area contributed by atoms with Crippen molar-refractivity contribution in [3.8, 4) is 0 Å². The molecule has 1 atom stereocenters. The molecule has 1 unspecified atom stereocenters. The van der Waals surface area contributed by atoms with Crippen LogP contribution in [-0.2, 0) is 0 Å². The largest absolute Gasteiger partial charge is 0.0651 e. The van der Waals surface area contributed by atoms with E-state index in [9.17, 15) is 0 Å². The molecule has 0 aromatic rings. The molecule has 0 bridgehead atoms. The molecule has 1 aliphatic rings. The molecule has 0 amide bonds. The summed E-state index contributed by atoms with van der Waals surface area (Å²) in [5, 5.41) is 0. The Morgan fingerprint density at radius 2 is 1.92 bits per heavy atom. The Labute approximate surface area is 77.7 Å². The van der Waals surface area contributed by atoms with Gasteiger partial charge in [0.05, 0.1) is 0 Å². The lowest BCUT2D eigenvalue weighted by Crippen LogP contribution is -2.08. The Bertz CT molecular complexity index is 101. The molecule has 1 saturated carbocycles. The van der Waals surface area contributed by atoms with Crippen molar-refractivity contribution in [3.63, 3.8) is 0 Å². The maximum atomic E-state index is 2.59. The van der Waals surface area contributed by atoms with Crippen molar-refractivity contribution in [1.82, 2.24) is 0 Å². The first-order chi connectivity index (χ1) is 5.83. The highest BCUT2D eigenvalue weighted by atomic mass is 14.2. The van der Waals surface area contributed by atoms with Crippen LogP contribution >= 0.6 is 0 Å². The van der Waals surface area contributed by atoms with Gasteiger partial charge in [-0.15, -0.1) is 0 Å². The Hall–Kier alpha value is 0. The SMILES string of the molecule is CCC(C)C[CH]C1CCCCC1. The highest BCUT2D eigenvalue weighted by molar-refractivity contribution is 4.80. The van der Waals surface area contributed by atoms with E-state index in [-0.39, 0.29) is 0 Å². The number of rotatable bonds is 4. The first-order valence-electron chi connectivity index (χ1n) is 5.66. The molecule has 0 aromatic carbocycles. The summed E-state index contributed by atoms with van der Waals surface area (Å²) in [5.74, 6) is 1.87. The van der Waals surface area contributed by atoms with Crippen LogP contribution in [0.2, 0.25) is 0 Å². The Morgan fingerprint density at radius 3 is 2.50 bits per heavy atom. The lowest BCUT2D eigenvalue weighted by atomic mass is 9.84. The summed E-state index contributed by atoms with van der Waals surface area (Å²) < 4.78 is 0. The van der Waals surface area contributed by atoms with E-state index < -0.39 is 0 Å². The van der Waals surface area contributed by atoms with Gasteiger partial charge >= 0.3 is 0 Å². The van der Waals surface area contributed by atoms with E-state index in [0.29, 0.717) is 0 Å². The summed E-state index contributed by atoms with van der Waals surface area (Å²) in [7, 11) is 0. The van der Waals surface area contributed by atoms with E-state index in [4.69, 9.17) is 0 Å². The van der Waals surface area contributed by atoms with E-state index >= 15 is 0 Å². The minimum atomic E-state index is 0.909. The predicted molar refractivity (Wildman–Crippen MR) is 54.9 cm³/mol. The zero-order valence-corrected chi connectivity index (χ0v) is 8.68. The molecule has 0 N–H and O–H groups in total. The normalized spacial score (nSPS) is 22.5. The molecule has 0 heterocycles. The molecule has 12 heavy (non-hydrogen) atoms. The first kappa shape index (κ1) is 10.1. The summed E-state index contributed by atoms with van der Waals surface area (Å²) in [6.45, 7) is 4.65. The lowest BCUT2D eigenvalue weighted by Gasteiger charge is -2.22. The predicted octanol–water partition coefficient (Wildman–Crippen LogP) is 4.21. The Kier molecular flexibility index (Phi) is 4.72. The molecule has 0 aromatic heterocycles. The van der Waals surface area contributed by atoms with E-state index in [1.54, 1.807) is 0 Å². The van der Waals surface area contributed by atoms with Gasteiger partial charge in [0, 0.05) is 0 Å². The van der Waals surface area contributed by atoms with Gasteiger partial charge in [-0.05, 0) is 24.7 Å².